The number of nitro groups is 1. The van der Waals surface area contributed by atoms with Gasteiger partial charge in [0.1, 0.15) is 10.9 Å². The predicted octanol–water partition coefficient (Wildman–Crippen LogP) is 3.15. The van der Waals surface area contributed by atoms with Gasteiger partial charge in [0.2, 0.25) is 11.8 Å². The van der Waals surface area contributed by atoms with Crippen molar-refractivity contribution in [3.05, 3.63) is 64.2 Å². The zero-order chi connectivity index (χ0) is 19.4. The van der Waals surface area contributed by atoms with Gasteiger partial charge < -0.3 is 10.6 Å². The largest absolute Gasteiger partial charge is 0.320 e. The van der Waals surface area contributed by atoms with Crippen molar-refractivity contribution in [2.45, 2.75) is 18.6 Å². The van der Waals surface area contributed by atoms with E-state index in [0.29, 0.717) is 16.4 Å². The number of carbonyl (C=O) groups is 2. The number of rotatable bonds is 5. The van der Waals surface area contributed by atoms with E-state index < -0.39 is 16.1 Å². The number of thioether (sulfide) groups is 1. The van der Waals surface area contributed by atoms with E-state index >= 15 is 0 Å². The second kappa shape index (κ2) is 8.00. The first kappa shape index (κ1) is 18.6. The normalized spacial score (nSPS) is 17.6. The van der Waals surface area contributed by atoms with Crippen LogP contribution in [0.15, 0.2) is 53.5 Å². The van der Waals surface area contributed by atoms with Gasteiger partial charge in [-0.05, 0) is 30.7 Å². The Kier molecular flexibility index (Phi) is 5.51. The Labute approximate surface area is 159 Å². The molecule has 138 valence electrons. The van der Waals surface area contributed by atoms with Gasteiger partial charge in [-0.1, -0.05) is 36.0 Å². The monoisotopic (exact) mass is 384 g/mol. The second-order valence-corrected chi connectivity index (χ2v) is 7.07. The van der Waals surface area contributed by atoms with Crippen molar-refractivity contribution >= 4 is 45.8 Å². The highest BCUT2D eigenvalue weighted by Crippen LogP contribution is 2.28. The third-order valence-corrected chi connectivity index (χ3v) is 4.84. The van der Waals surface area contributed by atoms with Gasteiger partial charge in [0.25, 0.3) is 5.69 Å². The molecule has 2 aromatic rings. The molecule has 0 aliphatic carbocycles. The lowest BCUT2D eigenvalue weighted by atomic mass is 10.2. The van der Waals surface area contributed by atoms with Crippen LogP contribution in [0.5, 0.6) is 0 Å². The van der Waals surface area contributed by atoms with Crippen LogP contribution in [0.2, 0.25) is 0 Å². The number of carbonyl (C=O) groups excluding carboxylic acids is 2. The summed E-state index contributed by atoms with van der Waals surface area (Å²) < 4.78 is 0. The van der Waals surface area contributed by atoms with Crippen molar-refractivity contribution in [2.24, 2.45) is 4.99 Å². The minimum absolute atomic E-state index is 0.109. The molecule has 1 aliphatic rings. The van der Waals surface area contributed by atoms with Crippen LogP contribution in [-0.2, 0) is 9.59 Å². The maximum Gasteiger partial charge on any atom is 0.293 e. The van der Waals surface area contributed by atoms with E-state index in [4.69, 9.17) is 0 Å². The fraction of sp³-hybridized carbons (Fsp3) is 0.167. The fourth-order valence-electron chi connectivity index (χ4n) is 2.48. The van der Waals surface area contributed by atoms with Crippen LogP contribution in [0, 0.1) is 17.0 Å². The lowest BCUT2D eigenvalue weighted by Gasteiger charge is -2.08. The molecule has 0 bridgehead atoms. The molecule has 27 heavy (non-hydrogen) atoms. The summed E-state index contributed by atoms with van der Waals surface area (Å²) in [5.41, 5.74) is 1.34. The molecular weight excluding hydrogens is 368 g/mol. The van der Waals surface area contributed by atoms with Crippen LogP contribution in [0.25, 0.3) is 0 Å². The minimum atomic E-state index is -0.642. The second-order valence-electron chi connectivity index (χ2n) is 5.88. The van der Waals surface area contributed by atoms with E-state index in [1.54, 1.807) is 25.1 Å². The van der Waals surface area contributed by atoms with Crippen molar-refractivity contribution in [1.29, 1.82) is 0 Å². The number of nitro benzene ring substituents is 1. The summed E-state index contributed by atoms with van der Waals surface area (Å²) >= 11 is 1.16. The minimum Gasteiger partial charge on any atom is -0.320 e. The first-order valence-electron chi connectivity index (χ1n) is 8.08. The van der Waals surface area contributed by atoms with Gasteiger partial charge in [0.05, 0.1) is 10.6 Å². The molecule has 1 fully saturated rings. The molecule has 2 N–H and O–H groups in total. The first-order chi connectivity index (χ1) is 12.9. The highest BCUT2D eigenvalue weighted by atomic mass is 32.2. The van der Waals surface area contributed by atoms with E-state index in [-0.39, 0.29) is 23.7 Å². The van der Waals surface area contributed by atoms with Crippen LogP contribution < -0.4 is 10.6 Å². The Morgan fingerprint density at radius 1 is 1.30 bits per heavy atom. The third-order valence-electron chi connectivity index (χ3n) is 3.76. The molecule has 1 atom stereocenters. The molecular formula is C18H16N4O4S. The van der Waals surface area contributed by atoms with Crippen LogP contribution in [0.1, 0.15) is 12.0 Å². The molecule has 1 aliphatic heterocycles. The maximum absolute atomic E-state index is 12.3. The lowest BCUT2D eigenvalue weighted by molar-refractivity contribution is -0.384. The molecule has 0 radical (unpaired) electrons. The van der Waals surface area contributed by atoms with Crippen molar-refractivity contribution in [3.8, 4) is 0 Å². The van der Waals surface area contributed by atoms with E-state index in [9.17, 15) is 19.7 Å². The van der Waals surface area contributed by atoms with E-state index in [0.717, 1.165) is 11.8 Å². The highest BCUT2D eigenvalue weighted by molar-refractivity contribution is 8.15. The molecule has 0 spiro atoms. The lowest BCUT2D eigenvalue weighted by Crippen LogP contribution is -2.28. The molecule has 9 heteroatoms. The number of anilines is 1. The third kappa shape index (κ3) is 4.70. The topological polar surface area (TPSA) is 114 Å². The summed E-state index contributed by atoms with van der Waals surface area (Å²) in [5, 5.41) is 16.1. The van der Waals surface area contributed by atoms with E-state index in [1.807, 2.05) is 18.2 Å². The maximum atomic E-state index is 12.3. The molecule has 8 nitrogen and oxygen atoms in total. The van der Waals surface area contributed by atoms with Gasteiger partial charge >= 0.3 is 0 Å². The van der Waals surface area contributed by atoms with E-state index in [1.165, 1.54) is 12.1 Å². The Hall–Kier alpha value is -3.20. The van der Waals surface area contributed by atoms with Crippen molar-refractivity contribution in [3.63, 3.8) is 0 Å². The number of hydrogen-bond donors (Lipinski definition) is 2. The van der Waals surface area contributed by atoms with Gasteiger partial charge in [-0.3, -0.25) is 19.7 Å². The number of hydrogen-bond acceptors (Lipinski definition) is 6. The number of nitrogens with one attached hydrogen (secondary N) is 2. The van der Waals surface area contributed by atoms with Gasteiger partial charge in [0.15, 0.2) is 5.17 Å². The van der Waals surface area contributed by atoms with Crippen LogP contribution in [-0.4, -0.2) is 27.2 Å². The van der Waals surface area contributed by atoms with Crippen LogP contribution >= 0.6 is 11.8 Å². The van der Waals surface area contributed by atoms with Crippen LogP contribution in [0.3, 0.4) is 0 Å². The summed E-state index contributed by atoms with van der Waals surface area (Å²) in [5.74, 6) is -0.793. The summed E-state index contributed by atoms with van der Waals surface area (Å²) in [6.45, 7) is 1.73. The quantitative estimate of drug-likeness (QED) is 0.607. The highest BCUT2D eigenvalue weighted by Gasteiger charge is 2.32. The number of aryl methyl sites for hydroxylation is 1. The number of benzene rings is 2. The Morgan fingerprint density at radius 3 is 2.74 bits per heavy atom. The van der Waals surface area contributed by atoms with Crippen LogP contribution in [0.4, 0.5) is 17.1 Å². The molecule has 0 aromatic heterocycles. The zero-order valence-corrected chi connectivity index (χ0v) is 15.2. The standard InChI is InChI=1S/C18H16N4O4S/c1-11-7-8-13(14(9-11)22(25)26)20-16(23)10-15-17(24)21-18(27-15)19-12-5-3-2-4-6-12/h2-9,15H,10H2,1H3,(H,20,23)(H,19,21,24)/t15-/m0/s1. The van der Waals surface area contributed by atoms with Gasteiger partial charge in [-0.2, -0.15) is 0 Å². The fourth-order valence-corrected chi connectivity index (χ4v) is 3.47. The summed E-state index contributed by atoms with van der Waals surface area (Å²) in [4.78, 5) is 39.3. The number of aliphatic imine (C=N–C) groups is 1. The molecule has 2 amide bonds. The number of amidine groups is 1. The van der Waals surface area contributed by atoms with Gasteiger partial charge in [-0.25, -0.2) is 4.99 Å². The number of nitrogens with zero attached hydrogens (tertiary/aromatic N) is 2. The molecule has 3 rings (SSSR count). The molecule has 0 saturated carbocycles. The predicted molar refractivity (Wildman–Crippen MR) is 104 cm³/mol. The smallest absolute Gasteiger partial charge is 0.293 e. The number of amides is 2. The Morgan fingerprint density at radius 2 is 2.04 bits per heavy atom. The molecule has 0 unspecified atom stereocenters. The van der Waals surface area contributed by atoms with Gasteiger partial charge in [-0.15, -0.1) is 0 Å². The molecule has 2 aromatic carbocycles. The van der Waals surface area contributed by atoms with Crippen molar-refractivity contribution in [2.75, 3.05) is 5.32 Å². The number of para-hydroxylation sites is 1. The average molecular weight is 384 g/mol. The van der Waals surface area contributed by atoms with Crippen molar-refractivity contribution < 1.29 is 14.5 Å². The SMILES string of the molecule is Cc1ccc(NC(=O)C[C@@H]2SC(=Nc3ccccc3)NC2=O)c([N+](=O)[O-])c1. The van der Waals surface area contributed by atoms with Crippen molar-refractivity contribution in [1.82, 2.24) is 5.32 Å². The average Bonchev–Trinajstić information content (AvgIpc) is 2.96. The Balaban J connectivity index is 1.66. The summed E-state index contributed by atoms with van der Waals surface area (Å²) in [7, 11) is 0. The summed E-state index contributed by atoms with van der Waals surface area (Å²) in [6, 6.07) is 13.7. The zero-order valence-electron chi connectivity index (χ0n) is 14.3. The molecule has 1 saturated heterocycles. The Bertz CT molecular complexity index is 930. The van der Waals surface area contributed by atoms with Gasteiger partial charge in [0, 0.05) is 12.5 Å². The summed E-state index contributed by atoms with van der Waals surface area (Å²) in [6.07, 6.45) is -0.116. The molecule has 1 heterocycles. The first-order valence-corrected chi connectivity index (χ1v) is 8.96. The van der Waals surface area contributed by atoms with E-state index in [2.05, 4.69) is 15.6 Å².